The monoisotopic (exact) mass is 449 g/mol. The topological polar surface area (TPSA) is 59.3 Å². The summed E-state index contributed by atoms with van der Waals surface area (Å²) in [5.41, 5.74) is -0.371. The maximum absolute atomic E-state index is 12.7. The Bertz CT molecular complexity index is 1030. The van der Waals surface area contributed by atoms with Gasteiger partial charge in [0.2, 0.25) is 6.10 Å². The fraction of sp³-hybridized carbons (Fsp3) is 0.304. The van der Waals surface area contributed by atoms with E-state index < -0.39 is 40.5 Å². The number of rotatable bonds is 6. The van der Waals surface area contributed by atoms with Crippen LogP contribution in [0.5, 0.6) is 11.5 Å². The van der Waals surface area contributed by atoms with Gasteiger partial charge in [0.05, 0.1) is 5.92 Å². The Kier molecular flexibility index (Phi) is 6.33. The average Bonchev–Trinajstić information content (AvgIpc) is 3.26. The summed E-state index contributed by atoms with van der Waals surface area (Å²) in [5, 5.41) is 8.23. The number of nitriles is 1. The first-order valence-electron chi connectivity index (χ1n) is 9.41. The molecule has 0 saturated heterocycles. The lowest BCUT2D eigenvalue weighted by Crippen LogP contribution is -2.14. The van der Waals surface area contributed by atoms with Crippen LogP contribution >= 0.6 is 11.6 Å². The molecule has 0 aromatic heterocycles. The van der Waals surface area contributed by atoms with Gasteiger partial charge in [0, 0.05) is 5.56 Å². The van der Waals surface area contributed by atoms with E-state index in [1.54, 1.807) is 50.2 Å². The molecule has 1 aliphatic carbocycles. The predicted octanol–water partition coefficient (Wildman–Crippen LogP) is 6.54. The minimum Gasteiger partial charge on any atom is -0.457 e. The van der Waals surface area contributed by atoms with Gasteiger partial charge >= 0.3 is 12.1 Å². The molecule has 0 bridgehead atoms. The van der Waals surface area contributed by atoms with Crippen LogP contribution in [0.15, 0.2) is 65.7 Å². The summed E-state index contributed by atoms with van der Waals surface area (Å²) in [6.45, 7) is 3.30. The van der Waals surface area contributed by atoms with E-state index in [1.165, 1.54) is 0 Å². The Morgan fingerprint density at radius 2 is 1.81 bits per heavy atom. The van der Waals surface area contributed by atoms with E-state index in [9.17, 15) is 23.2 Å². The van der Waals surface area contributed by atoms with Gasteiger partial charge in [0.1, 0.15) is 22.6 Å². The summed E-state index contributed by atoms with van der Waals surface area (Å²) >= 11 is 5.32. The van der Waals surface area contributed by atoms with Gasteiger partial charge in [-0.25, -0.2) is 0 Å². The number of benzene rings is 2. The van der Waals surface area contributed by atoms with Crippen molar-refractivity contribution in [3.8, 4) is 17.6 Å². The SMILES string of the molecule is CC1(C)[C@H](/C=C(\Cl)C(F)(F)F)[C@H]1C(=O)O[C@@H](C#N)c1cccc(Oc2ccccc2)c1. The zero-order chi connectivity index (χ0) is 22.8. The van der Waals surface area contributed by atoms with Crippen molar-refractivity contribution in [2.75, 3.05) is 0 Å². The summed E-state index contributed by atoms with van der Waals surface area (Å²) in [6, 6.07) is 17.4. The predicted molar refractivity (Wildman–Crippen MR) is 108 cm³/mol. The molecular formula is C23H19ClF3NO3. The van der Waals surface area contributed by atoms with E-state index in [0.717, 1.165) is 6.08 Å². The van der Waals surface area contributed by atoms with Gasteiger partial charge in [0.15, 0.2) is 0 Å². The third-order valence-corrected chi connectivity index (χ3v) is 5.59. The molecule has 0 radical (unpaired) electrons. The van der Waals surface area contributed by atoms with Gasteiger partial charge in [-0.1, -0.05) is 61.9 Å². The number of ether oxygens (including phenoxy) is 2. The molecule has 1 fully saturated rings. The molecule has 4 nitrogen and oxygen atoms in total. The summed E-state index contributed by atoms with van der Waals surface area (Å²) < 4.78 is 49.2. The Balaban J connectivity index is 1.72. The largest absolute Gasteiger partial charge is 0.457 e. The minimum atomic E-state index is -4.68. The molecular weight excluding hydrogens is 431 g/mol. The van der Waals surface area contributed by atoms with Crippen LogP contribution in [0.3, 0.4) is 0 Å². The van der Waals surface area contributed by atoms with Crippen molar-refractivity contribution in [1.29, 1.82) is 5.26 Å². The highest BCUT2D eigenvalue weighted by Crippen LogP contribution is 2.60. The van der Waals surface area contributed by atoms with Crippen LogP contribution in [0.1, 0.15) is 25.5 Å². The smallest absolute Gasteiger partial charge is 0.426 e. The average molecular weight is 450 g/mol. The van der Waals surface area contributed by atoms with Crippen molar-refractivity contribution >= 4 is 17.6 Å². The number of hydrogen-bond acceptors (Lipinski definition) is 4. The molecule has 0 N–H and O–H groups in total. The molecule has 8 heteroatoms. The summed E-state index contributed by atoms with van der Waals surface area (Å²) in [6.07, 6.45) is -5.07. The van der Waals surface area contributed by atoms with Gasteiger partial charge in [0.25, 0.3) is 0 Å². The van der Waals surface area contributed by atoms with Crippen LogP contribution in [0.2, 0.25) is 0 Å². The summed E-state index contributed by atoms with van der Waals surface area (Å²) in [5.74, 6) is -1.27. The van der Waals surface area contributed by atoms with E-state index in [-0.39, 0.29) is 0 Å². The Hall–Kier alpha value is -2.98. The van der Waals surface area contributed by atoms with E-state index in [0.29, 0.717) is 17.1 Å². The van der Waals surface area contributed by atoms with Crippen LogP contribution in [-0.2, 0) is 9.53 Å². The molecule has 2 aromatic rings. The van der Waals surface area contributed by atoms with Gasteiger partial charge in [-0.15, -0.1) is 0 Å². The quantitative estimate of drug-likeness (QED) is 0.469. The second kappa shape index (κ2) is 8.64. The number of allylic oxidation sites excluding steroid dienone is 2. The second-order valence-electron chi connectivity index (χ2n) is 7.77. The number of para-hydroxylation sites is 1. The maximum atomic E-state index is 12.7. The van der Waals surface area contributed by atoms with Crippen molar-refractivity contribution in [3.63, 3.8) is 0 Å². The first-order chi connectivity index (χ1) is 14.5. The highest BCUT2D eigenvalue weighted by molar-refractivity contribution is 6.30. The lowest BCUT2D eigenvalue weighted by atomic mass is 10.1. The zero-order valence-electron chi connectivity index (χ0n) is 16.7. The number of hydrogen-bond donors (Lipinski definition) is 0. The number of halogens is 4. The molecule has 162 valence electrons. The minimum absolute atomic E-state index is 0.392. The molecule has 3 rings (SSSR count). The van der Waals surface area contributed by atoms with E-state index in [4.69, 9.17) is 21.1 Å². The van der Waals surface area contributed by atoms with Crippen molar-refractivity contribution in [3.05, 3.63) is 71.3 Å². The number of alkyl halides is 3. The lowest BCUT2D eigenvalue weighted by Gasteiger charge is -2.13. The van der Waals surface area contributed by atoms with Crippen molar-refractivity contribution in [2.45, 2.75) is 26.1 Å². The standard InChI is InChI=1S/C23H19ClF3NO3/c1-22(2)17(12-19(24)23(25,26)27)20(22)21(29)31-18(13-28)14-7-6-10-16(11-14)30-15-8-4-3-5-9-15/h3-12,17-18,20H,1-2H3/b19-12-/t17-,18+,20+/m1/s1. The highest BCUT2D eigenvalue weighted by atomic mass is 35.5. The van der Waals surface area contributed by atoms with Crippen molar-refractivity contribution in [2.24, 2.45) is 17.3 Å². The van der Waals surface area contributed by atoms with Crippen LogP contribution in [0.4, 0.5) is 13.2 Å². The van der Waals surface area contributed by atoms with Crippen LogP contribution < -0.4 is 4.74 Å². The molecule has 0 amide bonds. The third-order valence-electron chi connectivity index (χ3n) is 5.25. The van der Waals surface area contributed by atoms with Crippen LogP contribution in [0.25, 0.3) is 0 Å². The molecule has 1 saturated carbocycles. The second-order valence-corrected chi connectivity index (χ2v) is 8.18. The molecule has 0 aliphatic heterocycles. The first-order valence-corrected chi connectivity index (χ1v) is 9.79. The number of esters is 1. The van der Waals surface area contributed by atoms with E-state index in [1.807, 2.05) is 24.3 Å². The fourth-order valence-corrected chi connectivity index (χ4v) is 3.55. The number of nitrogens with zero attached hydrogens (tertiary/aromatic N) is 1. The van der Waals surface area contributed by atoms with Crippen LogP contribution in [0, 0.1) is 28.6 Å². The normalized spacial score (nSPS) is 21.0. The molecule has 1 aliphatic rings. The zero-order valence-corrected chi connectivity index (χ0v) is 17.4. The Morgan fingerprint density at radius 3 is 2.42 bits per heavy atom. The first kappa shape index (κ1) is 22.7. The third kappa shape index (κ3) is 5.20. The molecule has 0 unspecified atom stereocenters. The molecule has 0 heterocycles. The van der Waals surface area contributed by atoms with E-state index >= 15 is 0 Å². The Labute approximate surface area is 182 Å². The summed E-state index contributed by atoms with van der Waals surface area (Å²) in [7, 11) is 0. The maximum Gasteiger partial charge on any atom is 0.426 e. The highest BCUT2D eigenvalue weighted by Gasteiger charge is 2.62. The molecule has 0 spiro atoms. The Morgan fingerprint density at radius 1 is 1.16 bits per heavy atom. The molecule has 2 aromatic carbocycles. The van der Waals surface area contributed by atoms with Crippen molar-refractivity contribution < 1.29 is 27.4 Å². The van der Waals surface area contributed by atoms with Gasteiger partial charge in [-0.2, -0.15) is 18.4 Å². The van der Waals surface area contributed by atoms with Gasteiger partial charge in [-0.3, -0.25) is 4.79 Å². The number of carbonyl (C=O) groups excluding carboxylic acids is 1. The fourth-order valence-electron chi connectivity index (χ4n) is 3.42. The molecule has 31 heavy (non-hydrogen) atoms. The lowest BCUT2D eigenvalue weighted by molar-refractivity contribution is -0.149. The summed E-state index contributed by atoms with van der Waals surface area (Å²) in [4.78, 5) is 12.6. The van der Waals surface area contributed by atoms with Gasteiger partial charge < -0.3 is 9.47 Å². The van der Waals surface area contributed by atoms with Crippen LogP contribution in [-0.4, -0.2) is 12.1 Å². The number of carbonyl (C=O) groups is 1. The van der Waals surface area contributed by atoms with Gasteiger partial charge in [-0.05, 0) is 35.6 Å². The van der Waals surface area contributed by atoms with Crippen molar-refractivity contribution in [1.82, 2.24) is 0 Å². The molecule has 3 atom stereocenters. The van der Waals surface area contributed by atoms with E-state index in [2.05, 4.69) is 0 Å².